The molecule has 7 heteroatoms. The third kappa shape index (κ3) is 4.16. The molecule has 4 aliphatic rings. The number of rotatable bonds is 5. The Morgan fingerprint density at radius 1 is 1.19 bits per heavy atom. The number of hydrogen-bond acceptors (Lipinski definition) is 5. The summed E-state index contributed by atoms with van der Waals surface area (Å²) in [5, 5.41) is 23.7. The first-order chi connectivity index (χ1) is 17.8. The number of hydrazine groups is 1. The standard InChI is InChI=1S/C30H32FN3O3/c1-19-26-17-32-34(23-8-6-22(31)7-9-23)27(26)16-21-11-14-30(37,28(19)21)13-10-20-4-2-3-5-25(20)29(36)33-15-12-24(35)18-33/h2-9,16-17,19,24,32,35,37H,10-15,18H2,1H3/t19-,24+,30-/m0/s1. The molecule has 0 radical (unpaired) electrons. The average Bonchev–Trinajstić information content (AvgIpc) is 3.61. The maximum Gasteiger partial charge on any atom is 0.254 e. The van der Waals surface area contributed by atoms with Gasteiger partial charge in [0.25, 0.3) is 5.91 Å². The van der Waals surface area contributed by atoms with Crippen LogP contribution >= 0.6 is 0 Å². The van der Waals surface area contributed by atoms with Gasteiger partial charge in [-0.1, -0.05) is 25.1 Å². The molecule has 3 atom stereocenters. The fourth-order valence-corrected chi connectivity index (χ4v) is 6.41. The number of halogens is 1. The van der Waals surface area contributed by atoms with Gasteiger partial charge in [-0.25, -0.2) is 4.39 Å². The average molecular weight is 502 g/mol. The first kappa shape index (κ1) is 23.9. The molecule has 2 heterocycles. The van der Waals surface area contributed by atoms with Crippen molar-refractivity contribution in [2.45, 2.75) is 50.7 Å². The van der Waals surface area contributed by atoms with E-state index < -0.39 is 11.7 Å². The van der Waals surface area contributed by atoms with Gasteiger partial charge in [-0.15, -0.1) is 0 Å². The van der Waals surface area contributed by atoms with Crippen molar-refractivity contribution < 1.29 is 19.4 Å². The number of allylic oxidation sites excluding steroid dienone is 3. The molecular formula is C30H32FN3O3. The van der Waals surface area contributed by atoms with Crippen molar-refractivity contribution in [3.05, 3.63) is 100 Å². The normalized spacial score (nSPS) is 26.6. The zero-order valence-electron chi connectivity index (χ0n) is 21.0. The van der Waals surface area contributed by atoms with E-state index in [1.807, 2.05) is 35.5 Å². The second kappa shape index (κ2) is 9.15. The lowest BCUT2D eigenvalue weighted by Gasteiger charge is -2.34. The summed E-state index contributed by atoms with van der Waals surface area (Å²) in [6.45, 7) is 3.08. The molecule has 0 unspecified atom stereocenters. The number of carbonyl (C=O) groups is 1. The van der Waals surface area contributed by atoms with Gasteiger partial charge in [0.2, 0.25) is 0 Å². The molecule has 3 N–H and O–H groups in total. The number of likely N-dealkylation sites (tertiary alicyclic amines) is 1. The largest absolute Gasteiger partial charge is 0.391 e. The number of β-amino-alcohol motifs (C(OH)–C–C–N with tert-alkyl or cyclic N) is 1. The number of aryl methyl sites for hydroxylation is 1. The summed E-state index contributed by atoms with van der Waals surface area (Å²) in [6, 6.07) is 14.0. The van der Waals surface area contributed by atoms with Crippen LogP contribution in [0.3, 0.4) is 0 Å². The fourth-order valence-electron chi connectivity index (χ4n) is 6.41. The highest BCUT2D eigenvalue weighted by molar-refractivity contribution is 5.96. The third-order valence-corrected chi connectivity index (χ3v) is 8.34. The minimum absolute atomic E-state index is 0.0309. The van der Waals surface area contributed by atoms with Crippen LogP contribution in [-0.4, -0.2) is 45.8 Å². The molecule has 2 aliphatic heterocycles. The van der Waals surface area contributed by atoms with Crippen LogP contribution in [0.25, 0.3) is 0 Å². The first-order valence-electron chi connectivity index (χ1n) is 13.1. The number of amides is 1. The highest BCUT2D eigenvalue weighted by Crippen LogP contribution is 2.51. The molecule has 1 fully saturated rings. The Morgan fingerprint density at radius 2 is 1.97 bits per heavy atom. The summed E-state index contributed by atoms with van der Waals surface area (Å²) in [6.07, 6.45) is 6.85. The number of fused-ring (bicyclic) bond motifs is 1. The van der Waals surface area contributed by atoms with Gasteiger partial charge in [0.1, 0.15) is 5.82 Å². The summed E-state index contributed by atoms with van der Waals surface area (Å²) < 4.78 is 13.5. The molecule has 192 valence electrons. The van der Waals surface area contributed by atoms with Crippen LogP contribution in [0.4, 0.5) is 10.1 Å². The van der Waals surface area contributed by atoms with E-state index in [9.17, 15) is 19.4 Å². The third-order valence-electron chi connectivity index (χ3n) is 8.34. The molecule has 0 spiro atoms. The predicted molar refractivity (Wildman–Crippen MR) is 140 cm³/mol. The number of benzene rings is 2. The topological polar surface area (TPSA) is 76.0 Å². The van der Waals surface area contributed by atoms with Crippen molar-refractivity contribution in [3.63, 3.8) is 0 Å². The number of aliphatic hydroxyl groups excluding tert-OH is 1. The van der Waals surface area contributed by atoms with Crippen molar-refractivity contribution in [3.8, 4) is 0 Å². The lowest BCUT2D eigenvalue weighted by atomic mass is 9.76. The van der Waals surface area contributed by atoms with Crippen molar-refractivity contribution in [2.24, 2.45) is 5.92 Å². The number of anilines is 1. The Bertz CT molecular complexity index is 1330. The van der Waals surface area contributed by atoms with E-state index in [1.165, 1.54) is 12.1 Å². The Labute approximate surface area is 216 Å². The zero-order valence-corrected chi connectivity index (χ0v) is 21.0. The molecule has 2 aromatic rings. The van der Waals surface area contributed by atoms with Crippen LogP contribution in [-0.2, 0) is 6.42 Å². The van der Waals surface area contributed by atoms with Crippen molar-refractivity contribution in [1.29, 1.82) is 0 Å². The number of nitrogens with zero attached hydrogens (tertiary/aromatic N) is 2. The molecule has 0 aromatic heterocycles. The SMILES string of the molecule is C[C@H]1C2=CNN(c3ccc(F)cc3)C2=CC2=C1[C@](O)(CCc1ccccc1C(=O)N1CC[C@@H](O)C1)CC2. The Morgan fingerprint density at radius 3 is 2.73 bits per heavy atom. The van der Waals surface area contributed by atoms with Gasteiger partial charge >= 0.3 is 0 Å². The summed E-state index contributed by atoms with van der Waals surface area (Å²) in [4.78, 5) is 14.9. The Hall–Kier alpha value is -3.42. The van der Waals surface area contributed by atoms with Gasteiger partial charge in [0.15, 0.2) is 0 Å². The summed E-state index contributed by atoms with van der Waals surface area (Å²) >= 11 is 0. The predicted octanol–water partition coefficient (Wildman–Crippen LogP) is 4.23. The van der Waals surface area contributed by atoms with Gasteiger partial charge in [0, 0.05) is 36.3 Å². The van der Waals surface area contributed by atoms with Crippen LogP contribution < -0.4 is 10.4 Å². The minimum Gasteiger partial charge on any atom is -0.391 e. The molecule has 2 aromatic carbocycles. The van der Waals surface area contributed by atoms with Gasteiger partial charge in [-0.2, -0.15) is 0 Å². The van der Waals surface area contributed by atoms with Gasteiger partial charge < -0.3 is 20.5 Å². The summed E-state index contributed by atoms with van der Waals surface area (Å²) in [7, 11) is 0. The van der Waals surface area contributed by atoms with Crippen LogP contribution in [0, 0.1) is 11.7 Å². The molecule has 0 bridgehead atoms. The van der Waals surface area contributed by atoms with Crippen LogP contribution in [0.15, 0.2) is 83.2 Å². The monoisotopic (exact) mass is 501 g/mol. The van der Waals surface area contributed by atoms with Gasteiger partial charge in [-0.05, 0) is 85.2 Å². The fraction of sp³-hybridized carbons (Fsp3) is 0.367. The molecule has 37 heavy (non-hydrogen) atoms. The van der Waals surface area contributed by atoms with Crippen LogP contribution in [0.5, 0.6) is 0 Å². The minimum atomic E-state index is -0.944. The smallest absolute Gasteiger partial charge is 0.254 e. The highest BCUT2D eigenvalue weighted by atomic mass is 19.1. The van der Waals surface area contributed by atoms with Crippen LogP contribution in [0.2, 0.25) is 0 Å². The number of nitrogens with one attached hydrogen (secondary N) is 1. The maximum absolute atomic E-state index is 13.5. The Kier molecular flexibility index (Phi) is 5.92. The lowest BCUT2D eigenvalue weighted by molar-refractivity contribution is 0.0629. The number of hydrogen-bond donors (Lipinski definition) is 3. The molecular weight excluding hydrogens is 469 g/mol. The zero-order chi connectivity index (χ0) is 25.7. The van der Waals surface area contributed by atoms with E-state index in [2.05, 4.69) is 18.4 Å². The maximum atomic E-state index is 13.5. The van der Waals surface area contributed by atoms with E-state index in [1.54, 1.807) is 17.0 Å². The molecule has 1 saturated heterocycles. The highest BCUT2D eigenvalue weighted by Gasteiger charge is 2.45. The van der Waals surface area contributed by atoms with Crippen LogP contribution in [0.1, 0.15) is 48.5 Å². The van der Waals surface area contributed by atoms with E-state index in [4.69, 9.17) is 0 Å². The van der Waals surface area contributed by atoms with E-state index in [0.717, 1.165) is 40.1 Å². The molecule has 2 aliphatic carbocycles. The van der Waals surface area contributed by atoms with E-state index in [0.29, 0.717) is 44.3 Å². The first-order valence-corrected chi connectivity index (χ1v) is 13.1. The Balaban J connectivity index is 1.24. The lowest BCUT2D eigenvalue weighted by Crippen LogP contribution is -2.35. The number of carbonyl (C=O) groups excluding carboxylic acids is 1. The van der Waals surface area contributed by atoms with Crippen molar-refractivity contribution in [1.82, 2.24) is 10.3 Å². The van der Waals surface area contributed by atoms with E-state index >= 15 is 0 Å². The van der Waals surface area contributed by atoms with Gasteiger partial charge in [0.05, 0.1) is 23.1 Å². The van der Waals surface area contributed by atoms with Crippen molar-refractivity contribution >= 4 is 11.6 Å². The molecule has 6 rings (SSSR count). The molecule has 6 nitrogen and oxygen atoms in total. The quantitative estimate of drug-likeness (QED) is 0.572. The second-order valence-corrected chi connectivity index (χ2v) is 10.6. The second-order valence-electron chi connectivity index (χ2n) is 10.6. The van der Waals surface area contributed by atoms with Crippen molar-refractivity contribution in [2.75, 3.05) is 18.1 Å². The number of aliphatic hydroxyl groups is 2. The van der Waals surface area contributed by atoms with E-state index in [-0.39, 0.29) is 17.6 Å². The van der Waals surface area contributed by atoms with Gasteiger partial charge in [-0.3, -0.25) is 9.80 Å². The summed E-state index contributed by atoms with van der Waals surface area (Å²) in [5.41, 5.74) is 9.17. The molecule has 0 saturated carbocycles. The molecule has 1 amide bonds. The summed E-state index contributed by atoms with van der Waals surface area (Å²) in [5.74, 6) is -0.287.